The lowest BCUT2D eigenvalue weighted by atomic mass is 10.0. The van der Waals surface area contributed by atoms with Gasteiger partial charge in [0.25, 0.3) is 0 Å². The third-order valence-corrected chi connectivity index (χ3v) is 6.32. The Morgan fingerprint density at radius 3 is 2.55 bits per heavy atom. The maximum Gasteiger partial charge on any atom is 0.338 e. The number of carboxylic acid groups (broad SMARTS) is 1. The summed E-state index contributed by atoms with van der Waals surface area (Å²) in [7, 11) is 0. The second-order valence-electron chi connectivity index (χ2n) is 7.31. The number of imidazole rings is 1. The van der Waals surface area contributed by atoms with Gasteiger partial charge in [-0.3, -0.25) is 0 Å². The number of aromatic nitrogens is 4. The number of halogens is 2. The Hall–Kier alpha value is -3.62. The van der Waals surface area contributed by atoms with Crippen molar-refractivity contribution in [3.05, 3.63) is 76.0 Å². The Morgan fingerprint density at radius 2 is 1.85 bits per heavy atom. The van der Waals surface area contributed by atoms with E-state index in [-0.39, 0.29) is 11.4 Å². The minimum absolute atomic E-state index is 0.0248. The Labute approximate surface area is 197 Å². The smallest absolute Gasteiger partial charge is 0.338 e. The second kappa shape index (κ2) is 8.38. The molecule has 0 atom stereocenters. The molecule has 6 nitrogen and oxygen atoms in total. The molecule has 164 valence electrons. The first-order chi connectivity index (χ1) is 16.0. The van der Waals surface area contributed by atoms with E-state index >= 15 is 0 Å². The van der Waals surface area contributed by atoms with Crippen LogP contribution in [0.4, 0.5) is 4.39 Å². The van der Waals surface area contributed by atoms with Crippen molar-refractivity contribution in [1.29, 1.82) is 0 Å². The standard InChI is InChI=1S/C24H16ClFN4O2S/c1-2-30-21-6-3-13(22-27-9-14(10-28-22)24(31)32)7-20(21)29-23(30)18-12-33-11-17(18)16-5-4-15(25)8-19(16)26/h3-12H,2H2,1H3,(H,31,32). The summed E-state index contributed by atoms with van der Waals surface area (Å²) in [6.45, 7) is 2.70. The average molecular weight is 479 g/mol. The summed E-state index contributed by atoms with van der Waals surface area (Å²) in [6, 6.07) is 10.3. The van der Waals surface area contributed by atoms with E-state index in [4.69, 9.17) is 21.7 Å². The third kappa shape index (κ3) is 3.77. The van der Waals surface area contributed by atoms with E-state index in [0.29, 0.717) is 23.0 Å². The van der Waals surface area contributed by atoms with Gasteiger partial charge in [-0.1, -0.05) is 11.6 Å². The van der Waals surface area contributed by atoms with Crippen molar-refractivity contribution < 1.29 is 14.3 Å². The number of benzene rings is 2. The molecule has 0 saturated heterocycles. The summed E-state index contributed by atoms with van der Waals surface area (Å²) in [4.78, 5) is 24.3. The predicted octanol–water partition coefficient (Wildman–Crippen LogP) is 6.40. The van der Waals surface area contributed by atoms with E-state index in [1.54, 1.807) is 12.1 Å². The predicted molar refractivity (Wildman–Crippen MR) is 127 cm³/mol. The summed E-state index contributed by atoms with van der Waals surface area (Å²) in [5.74, 6) is -0.316. The summed E-state index contributed by atoms with van der Waals surface area (Å²) in [6.07, 6.45) is 2.56. The number of aryl methyl sites for hydroxylation is 1. The molecule has 3 aromatic heterocycles. The topological polar surface area (TPSA) is 80.9 Å². The molecule has 5 aromatic rings. The van der Waals surface area contributed by atoms with E-state index < -0.39 is 5.97 Å². The van der Waals surface area contributed by atoms with Crippen LogP contribution in [0.3, 0.4) is 0 Å². The summed E-state index contributed by atoms with van der Waals surface area (Å²) >= 11 is 7.41. The highest BCUT2D eigenvalue weighted by Crippen LogP contribution is 2.38. The zero-order valence-electron chi connectivity index (χ0n) is 17.3. The van der Waals surface area contributed by atoms with Crippen LogP contribution in [-0.2, 0) is 6.54 Å². The second-order valence-corrected chi connectivity index (χ2v) is 8.49. The molecule has 5 rings (SSSR count). The molecule has 0 aliphatic carbocycles. The van der Waals surface area contributed by atoms with Gasteiger partial charge in [0, 0.05) is 51.6 Å². The molecule has 2 aromatic carbocycles. The highest BCUT2D eigenvalue weighted by atomic mass is 35.5. The molecular formula is C24H16ClFN4O2S. The van der Waals surface area contributed by atoms with Crippen molar-refractivity contribution in [2.45, 2.75) is 13.5 Å². The van der Waals surface area contributed by atoms with E-state index in [9.17, 15) is 9.18 Å². The normalized spacial score (nSPS) is 11.2. The first-order valence-electron chi connectivity index (χ1n) is 10.0. The number of hydrogen-bond acceptors (Lipinski definition) is 5. The molecular weight excluding hydrogens is 463 g/mol. The van der Waals surface area contributed by atoms with Crippen molar-refractivity contribution in [3.63, 3.8) is 0 Å². The molecule has 0 aliphatic heterocycles. The Balaban J connectivity index is 1.62. The van der Waals surface area contributed by atoms with E-state index in [1.165, 1.54) is 29.8 Å². The van der Waals surface area contributed by atoms with Crippen molar-refractivity contribution in [1.82, 2.24) is 19.5 Å². The molecule has 0 spiro atoms. The first-order valence-corrected chi connectivity index (χ1v) is 11.4. The van der Waals surface area contributed by atoms with Crippen LogP contribution in [0.25, 0.3) is 44.9 Å². The number of carboxylic acids is 1. The zero-order valence-corrected chi connectivity index (χ0v) is 18.9. The number of fused-ring (bicyclic) bond motifs is 1. The van der Waals surface area contributed by atoms with Crippen LogP contribution in [0.15, 0.2) is 59.6 Å². The Bertz CT molecular complexity index is 1510. The van der Waals surface area contributed by atoms with Gasteiger partial charge in [-0.05, 0) is 48.7 Å². The molecule has 33 heavy (non-hydrogen) atoms. The maximum absolute atomic E-state index is 14.7. The number of carbonyl (C=O) groups is 1. The van der Waals surface area contributed by atoms with Crippen LogP contribution >= 0.6 is 22.9 Å². The summed E-state index contributed by atoms with van der Waals surface area (Å²) in [5.41, 5.74) is 4.47. The lowest BCUT2D eigenvalue weighted by Crippen LogP contribution is -1.99. The SMILES string of the molecule is CCn1c(-c2cscc2-c2ccc(Cl)cc2F)nc2cc(-c3ncc(C(=O)O)cn3)ccc21. The van der Waals surface area contributed by atoms with Gasteiger partial charge >= 0.3 is 5.97 Å². The lowest BCUT2D eigenvalue weighted by Gasteiger charge is -2.09. The minimum atomic E-state index is -1.08. The van der Waals surface area contributed by atoms with Gasteiger partial charge in [-0.2, -0.15) is 11.3 Å². The summed E-state index contributed by atoms with van der Waals surface area (Å²) < 4.78 is 16.7. The van der Waals surface area contributed by atoms with E-state index in [1.807, 2.05) is 35.9 Å². The van der Waals surface area contributed by atoms with Gasteiger partial charge in [-0.15, -0.1) is 0 Å². The fourth-order valence-electron chi connectivity index (χ4n) is 3.77. The van der Waals surface area contributed by atoms with Crippen LogP contribution in [-0.4, -0.2) is 30.6 Å². The molecule has 0 radical (unpaired) electrons. The van der Waals surface area contributed by atoms with Gasteiger partial charge < -0.3 is 9.67 Å². The molecule has 0 amide bonds. The fourth-order valence-corrected chi connectivity index (χ4v) is 4.75. The quantitative estimate of drug-likeness (QED) is 0.316. The Kier molecular flexibility index (Phi) is 5.39. The highest BCUT2D eigenvalue weighted by Gasteiger charge is 2.19. The number of aromatic carboxylic acids is 1. The summed E-state index contributed by atoms with van der Waals surface area (Å²) in [5, 5.41) is 13.3. The van der Waals surface area contributed by atoms with Crippen LogP contribution < -0.4 is 0 Å². The lowest BCUT2D eigenvalue weighted by molar-refractivity contribution is 0.0696. The molecule has 0 unspecified atom stereocenters. The van der Waals surface area contributed by atoms with Gasteiger partial charge in [0.15, 0.2) is 5.82 Å². The average Bonchev–Trinajstić information content (AvgIpc) is 3.42. The highest BCUT2D eigenvalue weighted by molar-refractivity contribution is 7.08. The molecule has 0 fully saturated rings. The van der Waals surface area contributed by atoms with Crippen molar-refractivity contribution in [2.24, 2.45) is 0 Å². The van der Waals surface area contributed by atoms with E-state index in [0.717, 1.165) is 33.5 Å². The number of thiophene rings is 1. The zero-order chi connectivity index (χ0) is 23.1. The van der Waals surface area contributed by atoms with Crippen molar-refractivity contribution in [2.75, 3.05) is 0 Å². The van der Waals surface area contributed by atoms with Crippen LogP contribution in [0.2, 0.25) is 5.02 Å². The van der Waals surface area contributed by atoms with Gasteiger partial charge in [0.2, 0.25) is 0 Å². The minimum Gasteiger partial charge on any atom is -0.478 e. The number of rotatable bonds is 5. The van der Waals surface area contributed by atoms with Gasteiger partial charge in [0.1, 0.15) is 11.6 Å². The number of nitrogens with zero attached hydrogens (tertiary/aromatic N) is 4. The largest absolute Gasteiger partial charge is 0.478 e. The fraction of sp³-hybridized carbons (Fsp3) is 0.0833. The van der Waals surface area contributed by atoms with Gasteiger partial charge in [0.05, 0.1) is 16.6 Å². The molecule has 0 bridgehead atoms. The van der Waals surface area contributed by atoms with Crippen LogP contribution in [0, 0.1) is 5.82 Å². The van der Waals surface area contributed by atoms with Crippen molar-refractivity contribution >= 4 is 39.9 Å². The van der Waals surface area contributed by atoms with Gasteiger partial charge in [-0.25, -0.2) is 24.1 Å². The Morgan fingerprint density at radius 1 is 1.09 bits per heavy atom. The molecule has 0 aliphatic rings. The first kappa shape index (κ1) is 21.2. The van der Waals surface area contributed by atoms with Crippen molar-refractivity contribution in [3.8, 4) is 33.9 Å². The monoisotopic (exact) mass is 478 g/mol. The molecule has 9 heteroatoms. The number of hydrogen-bond donors (Lipinski definition) is 1. The van der Waals surface area contributed by atoms with Crippen LogP contribution in [0.1, 0.15) is 17.3 Å². The maximum atomic E-state index is 14.7. The molecule has 3 heterocycles. The third-order valence-electron chi connectivity index (χ3n) is 5.35. The van der Waals surface area contributed by atoms with Crippen LogP contribution in [0.5, 0.6) is 0 Å². The molecule has 0 saturated carbocycles. The molecule has 1 N–H and O–H groups in total. The van der Waals surface area contributed by atoms with E-state index in [2.05, 4.69) is 14.5 Å².